The molecule has 2 heterocycles. The van der Waals surface area contributed by atoms with Gasteiger partial charge in [0.2, 0.25) is 0 Å². The third-order valence-corrected chi connectivity index (χ3v) is 9.58. The van der Waals surface area contributed by atoms with Crippen LogP contribution in [0.15, 0.2) is 170 Å². The van der Waals surface area contributed by atoms with Crippen molar-refractivity contribution >= 4 is 54.1 Å². The predicted octanol–water partition coefficient (Wildman–Crippen LogP) is 11.4. The molecular formula is C45H28N4. The molecule has 10 aromatic rings. The normalized spacial score (nSPS) is 11.7. The summed E-state index contributed by atoms with van der Waals surface area (Å²) >= 11 is 0. The second kappa shape index (κ2) is 11.0. The Morgan fingerprint density at radius 3 is 1.84 bits per heavy atom. The molecule has 0 amide bonds. The van der Waals surface area contributed by atoms with Crippen molar-refractivity contribution in [2.75, 3.05) is 0 Å². The number of nitrogens with zero attached hydrogens (tertiary/aromatic N) is 4. The molecule has 0 spiro atoms. The van der Waals surface area contributed by atoms with Gasteiger partial charge in [-0.25, -0.2) is 15.0 Å². The summed E-state index contributed by atoms with van der Waals surface area (Å²) in [6.07, 6.45) is 0. The van der Waals surface area contributed by atoms with Crippen LogP contribution in [0.4, 0.5) is 0 Å². The zero-order valence-electron chi connectivity index (χ0n) is 26.5. The van der Waals surface area contributed by atoms with Gasteiger partial charge in [-0.2, -0.15) is 0 Å². The zero-order valence-corrected chi connectivity index (χ0v) is 26.5. The van der Waals surface area contributed by atoms with Crippen LogP contribution in [0.25, 0.3) is 94.0 Å². The van der Waals surface area contributed by atoms with Crippen molar-refractivity contribution in [3.63, 3.8) is 0 Å². The first-order chi connectivity index (χ1) is 24.3. The summed E-state index contributed by atoms with van der Waals surface area (Å²) < 4.78 is 2.39. The van der Waals surface area contributed by atoms with Crippen molar-refractivity contribution in [1.29, 1.82) is 0 Å². The van der Waals surface area contributed by atoms with Crippen LogP contribution in [-0.2, 0) is 0 Å². The minimum Gasteiger partial charge on any atom is -0.309 e. The number of fused-ring (bicyclic) bond motifs is 6. The number of hydrogen-bond donors (Lipinski definition) is 0. The summed E-state index contributed by atoms with van der Waals surface area (Å²) in [7, 11) is 0. The lowest BCUT2D eigenvalue weighted by Gasteiger charge is -2.12. The lowest BCUT2D eigenvalue weighted by molar-refractivity contribution is 1.08. The van der Waals surface area contributed by atoms with E-state index in [2.05, 4.69) is 144 Å². The van der Waals surface area contributed by atoms with E-state index in [-0.39, 0.29) is 0 Å². The third kappa shape index (κ3) is 4.57. The highest BCUT2D eigenvalue weighted by Crippen LogP contribution is 2.36. The van der Waals surface area contributed by atoms with Crippen LogP contribution in [0.2, 0.25) is 0 Å². The van der Waals surface area contributed by atoms with Gasteiger partial charge in [-0.15, -0.1) is 0 Å². The highest BCUT2D eigenvalue weighted by atomic mass is 15.0. The molecule has 10 rings (SSSR count). The molecule has 0 saturated carbocycles. The number of benzene rings is 8. The second-order valence-corrected chi connectivity index (χ2v) is 12.5. The van der Waals surface area contributed by atoms with Gasteiger partial charge >= 0.3 is 0 Å². The number of hydrogen-bond acceptors (Lipinski definition) is 3. The van der Waals surface area contributed by atoms with Crippen molar-refractivity contribution in [3.05, 3.63) is 170 Å². The topological polar surface area (TPSA) is 43.6 Å². The van der Waals surface area contributed by atoms with E-state index in [1.807, 2.05) is 30.3 Å². The predicted molar refractivity (Wildman–Crippen MR) is 203 cm³/mol. The number of aromatic nitrogens is 4. The van der Waals surface area contributed by atoms with E-state index in [4.69, 9.17) is 15.0 Å². The lowest BCUT2D eigenvalue weighted by Crippen LogP contribution is -2.00. The summed E-state index contributed by atoms with van der Waals surface area (Å²) in [5, 5.41) is 9.52. The van der Waals surface area contributed by atoms with Crippen LogP contribution in [0.3, 0.4) is 0 Å². The minimum absolute atomic E-state index is 0.646. The van der Waals surface area contributed by atoms with Crippen molar-refractivity contribution in [1.82, 2.24) is 19.5 Å². The van der Waals surface area contributed by atoms with Crippen LogP contribution in [0, 0.1) is 0 Å². The van der Waals surface area contributed by atoms with Gasteiger partial charge in [0.1, 0.15) is 0 Å². The highest BCUT2D eigenvalue weighted by Gasteiger charge is 2.16. The summed E-state index contributed by atoms with van der Waals surface area (Å²) in [6.45, 7) is 0. The fourth-order valence-electron chi connectivity index (χ4n) is 7.21. The van der Waals surface area contributed by atoms with Crippen molar-refractivity contribution in [2.24, 2.45) is 0 Å². The summed E-state index contributed by atoms with van der Waals surface area (Å²) in [4.78, 5) is 15.2. The van der Waals surface area contributed by atoms with E-state index in [1.165, 1.54) is 32.6 Å². The molecule has 0 N–H and O–H groups in total. The molecule has 8 aromatic carbocycles. The molecule has 0 aliphatic carbocycles. The monoisotopic (exact) mass is 624 g/mol. The molecule has 0 saturated heterocycles. The smallest absolute Gasteiger partial charge is 0.164 e. The van der Waals surface area contributed by atoms with E-state index in [1.54, 1.807) is 0 Å². The lowest BCUT2D eigenvalue weighted by atomic mass is 10.0. The molecule has 49 heavy (non-hydrogen) atoms. The maximum atomic E-state index is 5.11. The van der Waals surface area contributed by atoms with E-state index in [9.17, 15) is 0 Å². The fourth-order valence-corrected chi connectivity index (χ4v) is 7.21. The Bertz CT molecular complexity index is 2880. The fraction of sp³-hybridized carbons (Fsp3) is 0. The molecule has 4 heteroatoms. The van der Waals surface area contributed by atoms with Crippen LogP contribution in [0.5, 0.6) is 0 Å². The van der Waals surface area contributed by atoms with E-state index >= 15 is 0 Å². The van der Waals surface area contributed by atoms with Gasteiger partial charge in [0.05, 0.1) is 11.0 Å². The van der Waals surface area contributed by atoms with Crippen LogP contribution < -0.4 is 0 Å². The maximum Gasteiger partial charge on any atom is 0.164 e. The van der Waals surface area contributed by atoms with Crippen LogP contribution >= 0.6 is 0 Å². The molecule has 4 nitrogen and oxygen atoms in total. The Hall–Kier alpha value is -6.65. The molecule has 0 fully saturated rings. The molecule has 0 atom stereocenters. The van der Waals surface area contributed by atoms with Gasteiger partial charge in [0.25, 0.3) is 0 Å². The molecule has 2 aromatic heterocycles. The Balaban J connectivity index is 1.17. The van der Waals surface area contributed by atoms with Crippen molar-refractivity contribution < 1.29 is 0 Å². The first-order valence-electron chi connectivity index (χ1n) is 16.5. The molecule has 0 aliphatic rings. The second-order valence-electron chi connectivity index (χ2n) is 12.5. The molecular weight excluding hydrogens is 597 g/mol. The van der Waals surface area contributed by atoms with Gasteiger partial charge < -0.3 is 4.57 Å². The Morgan fingerprint density at radius 2 is 0.980 bits per heavy atom. The maximum absolute atomic E-state index is 5.11. The highest BCUT2D eigenvalue weighted by molar-refractivity contribution is 6.13. The van der Waals surface area contributed by atoms with E-state index < -0.39 is 0 Å². The van der Waals surface area contributed by atoms with Gasteiger partial charge in [-0.05, 0) is 68.7 Å². The molecule has 228 valence electrons. The molecule has 0 unspecified atom stereocenters. The Labute approximate surface area is 282 Å². The zero-order chi connectivity index (χ0) is 32.3. The molecule has 0 aliphatic heterocycles. The van der Waals surface area contributed by atoms with Crippen molar-refractivity contribution in [2.45, 2.75) is 0 Å². The average Bonchev–Trinajstić information content (AvgIpc) is 3.49. The van der Waals surface area contributed by atoms with Gasteiger partial charge in [-0.3, -0.25) is 0 Å². The first-order valence-corrected chi connectivity index (χ1v) is 16.5. The van der Waals surface area contributed by atoms with Crippen molar-refractivity contribution in [3.8, 4) is 39.9 Å². The Kier molecular flexibility index (Phi) is 6.15. The number of rotatable bonds is 4. The molecule has 0 radical (unpaired) electrons. The Morgan fingerprint density at radius 1 is 0.327 bits per heavy atom. The molecule has 0 bridgehead atoms. The van der Waals surface area contributed by atoms with E-state index in [0.29, 0.717) is 17.5 Å². The minimum atomic E-state index is 0.646. The SMILES string of the molecule is c1ccc(-c2nc(-c3ccc4ccc(-n5c6ccccc6c6cc7ccccc7cc65)cc4c3)nc(-c3cccc4ccccc34)n2)cc1. The average molecular weight is 625 g/mol. The van der Waals surface area contributed by atoms with E-state index in [0.717, 1.165) is 43.9 Å². The summed E-state index contributed by atoms with van der Waals surface area (Å²) in [5.74, 6) is 1.96. The third-order valence-electron chi connectivity index (χ3n) is 9.58. The van der Waals surface area contributed by atoms with Crippen LogP contribution in [-0.4, -0.2) is 19.5 Å². The summed E-state index contributed by atoms with van der Waals surface area (Å²) in [5.41, 5.74) is 6.38. The first kappa shape index (κ1) is 27.5. The van der Waals surface area contributed by atoms with Gasteiger partial charge in [0, 0.05) is 33.2 Å². The van der Waals surface area contributed by atoms with Crippen LogP contribution in [0.1, 0.15) is 0 Å². The van der Waals surface area contributed by atoms with Gasteiger partial charge in [-0.1, -0.05) is 133 Å². The number of para-hydroxylation sites is 1. The summed E-state index contributed by atoms with van der Waals surface area (Å²) in [6, 6.07) is 59.9. The standard InChI is InChI=1S/C45H28N4/c1-2-12-31(13-3-1)43-46-44(48-45(47-43)39-19-10-16-30-11-6-7-17-37(30)39)34-22-21-29-23-24-36(26-35(29)25-34)49-41-20-9-8-18-38(41)40-27-32-14-4-5-15-33(32)28-42(40)49/h1-28H. The quantitative estimate of drug-likeness (QED) is 0.196. The largest absolute Gasteiger partial charge is 0.309 e. The van der Waals surface area contributed by atoms with Gasteiger partial charge in [0.15, 0.2) is 17.5 Å².